The maximum Gasteiger partial charge on any atom is 0.344 e. The van der Waals surface area contributed by atoms with E-state index in [0.717, 1.165) is 11.6 Å². The normalized spacial score (nSPS) is 10.4. The molecule has 0 aliphatic heterocycles. The number of rotatable bonds is 8. The highest BCUT2D eigenvalue weighted by molar-refractivity contribution is 5.95. The molecule has 0 atom stereocenters. The number of amides is 2. The van der Waals surface area contributed by atoms with Crippen molar-refractivity contribution in [3.8, 4) is 11.5 Å². The summed E-state index contributed by atoms with van der Waals surface area (Å²) in [6.45, 7) is 0.778. The molecule has 9 heteroatoms. The van der Waals surface area contributed by atoms with Gasteiger partial charge in [0.1, 0.15) is 5.82 Å². The Hall–Kier alpha value is -3.88. The zero-order valence-corrected chi connectivity index (χ0v) is 16.4. The van der Waals surface area contributed by atoms with E-state index in [9.17, 15) is 18.8 Å². The number of carbonyl (C=O) groups excluding carboxylic acids is 3. The molecule has 30 heavy (non-hydrogen) atoms. The van der Waals surface area contributed by atoms with Crippen LogP contribution in [-0.2, 0) is 14.3 Å². The van der Waals surface area contributed by atoms with Gasteiger partial charge in [-0.2, -0.15) is 0 Å². The molecule has 0 heterocycles. The van der Waals surface area contributed by atoms with Crippen LogP contribution in [-0.4, -0.2) is 38.1 Å². The summed E-state index contributed by atoms with van der Waals surface area (Å²) < 4.78 is 28.8. The Labute approximate surface area is 172 Å². The number of hydrogen-bond donors (Lipinski definition) is 2. The highest BCUT2D eigenvalue weighted by atomic mass is 19.1. The molecule has 0 aromatic heterocycles. The number of carbonyl (C=O) groups is 3. The lowest BCUT2D eigenvalue weighted by molar-refractivity contribution is -0.150. The van der Waals surface area contributed by atoms with Gasteiger partial charge in [0.25, 0.3) is 11.8 Å². The van der Waals surface area contributed by atoms with Crippen molar-refractivity contribution in [1.82, 2.24) is 10.9 Å². The van der Waals surface area contributed by atoms with E-state index >= 15 is 0 Å². The predicted octanol–water partition coefficient (Wildman–Crippen LogP) is 2.25. The fourth-order valence-electron chi connectivity index (χ4n) is 2.30. The van der Waals surface area contributed by atoms with Gasteiger partial charge in [-0.1, -0.05) is 30.4 Å². The average Bonchev–Trinajstić information content (AvgIpc) is 2.75. The smallest absolute Gasteiger partial charge is 0.344 e. The van der Waals surface area contributed by atoms with Crippen LogP contribution in [0.1, 0.15) is 22.8 Å². The molecule has 2 aromatic rings. The summed E-state index contributed by atoms with van der Waals surface area (Å²) in [5.74, 6) is -2.41. The predicted molar refractivity (Wildman–Crippen MR) is 106 cm³/mol. The van der Waals surface area contributed by atoms with E-state index in [1.807, 2.05) is 29.9 Å². The molecule has 0 unspecified atom stereocenters. The molecule has 8 nitrogen and oxygen atoms in total. The van der Waals surface area contributed by atoms with Crippen LogP contribution in [0.4, 0.5) is 4.39 Å². The van der Waals surface area contributed by atoms with Crippen molar-refractivity contribution < 1.29 is 33.0 Å². The third-order valence-electron chi connectivity index (χ3n) is 3.69. The second-order valence-corrected chi connectivity index (χ2v) is 5.84. The van der Waals surface area contributed by atoms with Crippen LogP contribution in [0.25, 0.3) is 6.08 Å². The second kappa shape index (κ2) is 11.2. The molecule has 0 saturated heterocycles. The third-order valence-corrected chi connectivity index (χ3v) is 3.69. The highest BCUT2D eigenvalue weighted by Crippen LogP contribution is 2.28. The van der Waals surface area contributed by atoms with E-state index in [1.54, 1.807) is 18.2 Å². The van der Waals surface area contributed by atoms with Gasteiger partial charge >= 0.3 is 5.97 Å². The van der Waals surface area contributed by atoms with Crippen molar-refractivity contribution in [2.24, 2.45) is 0 Å². The molecule has 2 aromatic carbocycles. The first kappa shape index (κ1) is 22.4. The lowest BCUT2D eigenvalue weighted by Gasteiger charge is -2.11. The van der Waals surface area contributed by atoms with Crippen LogP contribution in [0.15, 0.2) is 48.5 Å². The van der Waals surface area contributed by atoms with Gasteiger partial charge in [0.05, 0.1) is 12.7 Å². The fraction of sp³-hybridized carbons (Fsp3) is 0.190. The summed E-state index contributed by atoms with van der Waals surface area (Å²) in [6, 6.07) is 10.5. The lowest BCUT2D eigenvalue weighted by atomic mass is 10.2. The van der Waals surface area contributed by atoms with Crippen LogP contribution in [0.3, 0.4) is 0 Å². The summed E-state index contributed by atoms with van der Waals surface area (Å²) in [5, 5.41) is 0. The van der Waals surface area contributed by atoms with Gasteiger partial charge in [-0.25, -0.2) is 9.18 Å². The van der Waals surface area contributed by atoms with Crippen molar-refractivity contribution in [1.29, 1.82) is 0 Å². The number of allylic oxidation sites excluding steroid dienone is 1. The van der Waals surface area contributed by atoms with Crippen molar-refractivity contribution in [2.45, 2.75) is 6.92 Å². The number of hydrogen-bond acceptors (Lipinski definition) is 6. The number of esters is 1. The van der Waals surface area contributed by atoms with Crippen molar-refractivity contribution in [3.05, 3.63) is 65.5 Å². The molecule has 158 valence electrons. The minimum atomic E-state index is -0.843. The van der Waals surface area contributed by atoms with Gasteiger partial charge in [0.15, 0.2) is 24.7 Å². The Morgan fingerprint density at radius 2 is 1.80 bits per heavy atom. The fourth-order valence-corrected chi connectivity index (χ4v) is 2.30. The first-order chi connectivity index (χ1) is 14.4. The Morgan fingerprint density at radius 3 is 2.50 bits per heavy atom. The summed E-state index contributed by atoms with van der Waals surface area (Å²) in [6.07, 6.45) is 3.75. The second-order valence-electron chi connectivity index (χ2n) is 5.84. The van der Waals surface area contributed by atoms with Crippen LogP contribution in [0.5, 0.6) is 11.5 Å². The summed E-state index contributed by atoms with van der Waals surface area (Å²) in [5.41, 5.74) is 4.72. The Balaban J connectivity index is 1.76. The van der Waals surface area contributed by atoms with E-state index in [0.29, 0.717) is 11.5 Å². The molecule has 2 rings (SSSR count). The number of ether oxygens (including phenoxy) is 3. The quantitative estimate of drug-likeness (QED) is 0.506. The number of nitrogens with one attached hydrogen (secondary N) is 2. The van der Waals surface area contributed by atoms with Gasteiger partial charge in [0, 0.05) is 0 Å². The number of benzene rings is 2. The standard InChI is InChI=1S/C21H21FN2O6/c1-3-6-14-9-10-17(18(11-14)28-2)29-13-20(26)30-12-19(25)23-24-21(27)15-7-4-5-8-16(15)22/h3-11H,12-13H2,1-2H3,(H,23,25)(H,24,27)/b6-3+. The minimum Gasteiger partial charge on any atom is -0.493 e. The van der Waals surface area contributed by atoms with Crippen molar-refractivity contribution >= 4 is 23.9 Å². The molecule has 0 radical (unpaired) electrons. The van der Waals surface area contributed by atoms with Gasteiger partial charge in [-0.05, 0) is 36.8 Å². The minimum absolute atomic E-state index is 0.238. The highest BCUT2D eigenvalue weighted by Gasteiger charge is 2.14. The first-order valence-corrected chi connectivity index (χ1v) is 8.87. The average molecular weight is 416 g/mol. The molecule has 0 aliphatic carbocycles. The molecular weight excluding hydrogens is 395 g/mol. The van der Waals surface area contributed by atoms with E-state index in [1.165, 1.54) is 25.3 Å². The Bertz CT molecular complexity index is 945. The largest absolute Gasteiger partial charge is 0.493 e. The molecule has 2 N–H and O–H groups in total. The molecule has 0 fully saturated rings. The molecule has 0 spiro atoms. The maximum atomic E-state index is 13.5. The summed E-state index contributed by atoms with van der Waals surface area (Å²) in [4.78, 5) is 35.2. The summed E-state index contributed by atoms with van der Waals surface area (Å²) >= 11 is 0. The Morgan fingerprint density at radius 1 is 1.03 bits per heavy atom. The molecule has 0 saturated carbocycles. The number of methoxy groups -OCH3 is 1. The van der Waals surface area contributed by atoms with Gasteiger partial charge < -0.3 is 14.2 Å². The van der Waals surface area contributed by atoms with Crippen molar-refractivity contribution in [3.63, 3.8) is 0 Å². The van der Waals surface area contributed by atoms with Crippen LogP contribution in [0, 0.1) is 5.82 Å². The van der Waals surface area contributed by atoms with Gasteiger partial charge in [-0.3, -0.25) is 20.4 Å². The SMILES string of the molecule is C/C=C/c1ccc(OCC(=O)OCC(=O)NNC(=O)c2ccccc2F)c(OC)c1. The zero-order chi connectivity index (χ0) is 21.9. The van der Waals surface area contributed by atoms with Crippen LogP contribution >= 0.6 is 0 Å². The van der Waals surface area contributed by atoms with Gasteiger partial charge in [0.2, 0.25) is 0 Å². The number of hydrazine groups is 1. The third kappa shape index (κ3) is 6.62. The van der Waals surface area contributed by atoms with Crippen LogP contribution in [0.2, 0.25) is 0 Å². The van der Waals surface area contributed by atoms with E-state index in [-0.39, 0.29) is 5.56 Å². The summed E-state index contributed by atoms with van der Waals surface area (Å²) in [7, 11) is 1.47. The zero-order valence-electron chi connectivity index (χ0n) is 16.4. The lowest BCUT2D eigenvalue weighted by Crippen LogP contribution is -2.44. The Kier molecular flexibility index (Phi) is 8.37. The first-order valence-electron chi connectivity index (χ1n) is 8.87. The van der Waals surface area contributed by atoms with Gasteiger partial charge in [-0.15, -0.1) is 0 Å². The number of halogens is 1. The molecule has 0 aliphatic rings. The molecule has 2 amide bonds. The van der Waals surface area contributed by atoms with Crippen LogP contribution < -0.4 is 20.3 Å². The maximum absolute atomic E-state index is 13.5. The van der Waals surface area contributed by atoms with E-state index in [2.05, 4.69) is 0 Å². The molecule has 0 bridgehead atoms. The molecular formula is C21H21FN2O6. The topological polar surface area (TPSA) is 103 Å². The van der Waals surface area contributed by atoms with E-state index < -0.39 is 36.8 Å². The monoisotopic (exact) mass is 416 g/mol. The van der Waals surface area contributed by atoms with Crippen molar-refractivity contribution in [2.75, 3.05) is 20.3 Å². The van der Waals surface area contributed by atoms with E-state index in [4.69, 9.17) is 14.2 Å².